The van der Waals surface area contributed by atoms with E-state index in [1.54, 1.807) is 7.11 Å². The third-order valence-corrected chi connectivity index (χ3v) is 4.36. The zero-order valence-corrected chi connectivity index (χ0v) is 13.4. The van der Waals surface area contributed by atoms with Crippen molar-refractivity contribution in [3.8, 4) is 5.75 Å². The summed E-state index contributed by atoms with van der Waals surface area (Å²) >= 11 is 12.1. The predicted octanol–water partition coefficient (Wildman–Crippen LogP) is 4.80. The van der Waals surface area contributed by atoms with Gasteiger partial charge in [-0.3, -0.25) is 0 Å². The SMILES string of the molecule is COc1ccc2c(c1)C(Nc1c(C)cc(Cl)nc1Cl)CC2. The highest BCUT2D eigenvalue weighted by Gasteiger charge is 2.24. The number of aryl methyl sites for hydroxylation is 2. The highest BCUT2D eigenvalue weighted by molar-refractivity contribution is 6.34. The van der Waals surface area contributed by atoms with Crippen LogP contribution >= 0.6 is 23.2 Å². The van der Waals surface area contributed by atoms with E-state index in [2.05, 4.69) is 22.4 Å². The number of anilines is 1. The standard InChI is InChI=1S/C16H16Cl2N2O/c1-9-7-14(17)20-16(18)15(9)19-13-6-4-10-3-5-11(21-2)8-12(10)13/h3,5,7-8,13,19H,4,6H2,1-2H3. The molecule has 3 rings (SSSR count). The number of nitrogens with one attached hydrogen (secondary N) is 1. The maximum Gasteiger partial charge on any atom is 0.154 e. The second kappa shape index (κ2) is 5.74. The number of hydrogen-bond acceptors (Lipinski definition) is 3. The van der Waals surface area contributed by atoms with Crippen LogP contribution in [0.2, 0.25) is 10.3 Å². The Hall–Kier alpha value is -1.45. The summed E-state index contributed by atoms with van der Waals surface area (Å²) in [6.07, 6.45) is 2.08. The summed E-state index contributed by atoms with van der Waals surface area (Å²) in [6.45, 7) is 1.98. The maximum atomic E-state index is 6.22. The smallest absolute Gasteiger partial charge is 0.154 e. The summed E-state index contributed by atoms with van der Waals surface area (Å²) in [5.41, 5.74) is 4.46. The van der Waals surface area contributed by atoms with Gasteiger partial charge in [0.1, 0.15) is 10.9 Å². The van der Waals surface area contributed by atoms with Crippen LogP contribution in [0.25, 0.3) is 0 Å². The molecule has 0 aliphatic heterocycles. The lowest BCUT2D eigenvalue weighted by molar-refractivity contribution is 0.414. The molecule has 1 unspecified atom stereocenters. The molecule has 1 aromatic heterocycles. The summed E-state index contributed by atoms with van der Waals surface area (Å²) in [7, 11) is 1.68. The van der Waals surface area contributed by atoms with Gasteiger partial charge in [-0.1, -0.05) is 29.3 Å². The van der Waals surface area contributed by atoms with Gasteiger partial charge in [-0.25, -0.2) is 4.98 Å². The number of nitrogens with zero attached hydrogens (tertiary/aromatic N) is 1. The van der Waals surface area contributed by atoms with Gasteiger partial charge >= 0.3 is 0 Å². The Kier molecular flexibility index (Phi) is 3.96. The molecule has 1 aliphatic rings. The fraction of sp³-hybridized carbons (Fsp3) is 0.312. The summed E-state index contributed by atoms with van der Waals surface area (Å²) in [5, 5.41) is 4.33. The van der Waals surface area contributed by atoms with Gasteiger partial charge in [-0.15, -0.1) is 0 Å². The third-order valence-electron chi connectivity index (χ3n) is 3.89. The Balaban J connectivity index is 1.92. The van der Waals surface area contributed by atoms with Gasteiger partial charge in [0.25, 0.3) is 0 Å². The Morgan fingerprint density at radius 3 is 2.81 bits per heavy atom. The monoisotopic (exact) mass is 322 g/mol. The number of rotatable bonds is 3. The molecule has 0 bridgehead atoms. The quantitative estimate of drug-likeness (QED) is 0.824. The Bertz CT molecular complexity index is 665. The molecule has 0 spiro atoms. The first-order chi connectivity index (χ1) is 10.1. The summed E-state index contributed by atoms with van der Waals surface area (Å²) in [4.78, 5) is 4.11. The highest BCUT2D eigenvalue weighted by Crippen LogP contribution is 2.38. The molecule has 1 atom stereocenters. The van der Waals surface area contributed by atoms with Crippen LogP contribution in [0.3, 0.4) is 0 Å². The molecular weight excluding hydrogens is 307 g/mol. The molecule has 3 nitrogen and oxygen atoms in total. The lowest BCUT2D eigenvalue weighted by Crippen LogP contribution is -2.09. The van der Waals surface area contributed by atoms with E-state index in [-0.39, 0.29) is 6.04 Å². The zero-order chi connectivity index (χ0) is 15.0. The minimum absolute atomic E-state index is 0.217. The van der Waals surface area contributed by atoms with Crippen molar-refractivity contribution in [1.82, 2.24) is 4.98 Å². The number of fused-ring (bicyclic) bond motifs is 1. The van der Waals surface area contributed by atoms with Crippen molar-refractivity contribution < 1.29 is 4.74 Å². The van der Waals surface area contributed by atoms with Gasteiger partial charge in [-0.05, 0) is 54.7 Å². The molecule has 1 aromatic carbocycles. The molecule has 21 heavy (non-hydrogen) atoms. The second-order valence-corrected chi connectivity index (χ2v) is 5.97. The molecule has 2 aromatic rings. The second-order valence-electron chi connectivity index (χ2n) is 5.23. The molecule has 0 fully saturated rings. The fourth-order valence-corrected chi connectivity index (χ4v) is 3.39. The van der Waals surface area contributed by atoms with Crippen LogP contribution in [0.1, 0.15) is 29.2 Å². The average molecular weight is 323 g/mol. The van der Waals surface area contributed by atoms with Gasteiger partial charge in [0.15, 0.2) is 5.15 Å². The lowest BCUT2D eigenvalue weighted by Gasteiger charge is -2.18. The molecule has 1 aliphatic carbocycles. The van der Waals surface area contributed by atoms with E-state index in [4.69, 9.17) is 27.9 Å². The fourth-order valence-electron chi connectivity index (χ4n) is 2.80. The van der Waals surface area contributed by atoms with Crippen LogP contribution in [0, 0.1) is 6.92 Å². The Morgan fingerprint density at radius 2 is 2.10 bits per heavy atom. The van der Waals surface area contributed by atoms with Crippen LogP contribution in [-0.2, 0) is 6.42 Å². The molecule has 5 heteroatoms. The molecule has 1 N–H and O–H groups in total. The number of methoxy groups -OCH3 is 1. The molecule has 0 saturated heterocycles. The topological polar surface area (TPSA) is 34.1 Å². The zero-order valence-electron chi connectivity index (χ0n) is 11.9. The number of aromatic nitrogens is 1. The number of pyridine rings is 1. The van der Waals surface area contributed by atoms with Crippen molar-refractivity contribution in [1.29, 1.82) is 0 Å². The van der Waals surface area contributed by atoms with Crippen LogP contribution in [0.5, 0.6) is 5.75 Å². The summed E-state index contributed by atoms with van der Waals surface area (Å²) in [5.74, 6) is 0.875. The first-order valence-corrected chi connectivity index (χ1v) is 7.60. The molecular formula is C16H16Cl2N2O. The van der Waals surface area contributed by atoms with Gasteiger partial charge in [-0.2, -0.15) is 0 Å². The maximum absolute atomic E-state index is 6.22. The van der Waals surface area contributed by atoms with Gasteiger partial charge in [0.2, 0.25) is 0 Å². The summed E-state index contributed by atoms with van der Waals surface area (Å²) < 4.78 is 5.32. The predicted molar refractivity (Wildman–Crippen MR) is 86.7 cm³/mol. The minimum atomic E-state index is 0.217. The van der Waals surface area contributed by atoms with Gasteiger partial charge in [0.05, 0.1) is 18.8 Å². The van der Waals surface area contributed by atoms with Crippen molar-refractivity contribution in [2.24, 2.45) is 0 Å². The normalized spacial score (nSPS) is 16.7. The number of benzene rings is 1. The first-order valence-electron chi connectivity index (χ1n) is 6.84. The van der Waals surface area contributed by atoms with Crippen LogP contribution < -0.4 is 10.1 Å². The van der Waals surface area contributed by atoms with E-state index in [1.807, 2.05) is 19.1 Å². The van der Waals surface area contributed by atoms with Crippen molar-refractivity contribution in [2.45, 2.75) is 25.8 Å². The lowest BCUT2D eigenvalue weighted by atomic mass is 10.1. The van der Waals surface area contributed by atoms with Crippen molar-refractivity contribution in [3.63, 3.8) is 0 Å². The summed E-state index contributed by atoms with van der Waals surface area (Å²) in [6, 6.07) is 8.26. The number of ether oxygens (including phenoxy) is 1. The largest absolute Gasteiger partial charge is 0.497 e. The molecule has 1 heterocycles. The van der Waals surface area contributed by atoms with E-state index in [9.17, 15) is 0 Å². The van der Waals surface area contributed by atoms with Crippen LogP contribution in [-0.4, -0.2) is 12.1 Å². The van der Waals surface area contributed by atoms with Crippen molar-refractivity contribution >= 4 is 28.9 Å². The molecule has 0 radical (unpaired) electrons. The van der Waals surface area contributed by atoms with Crippen molar-refractivity contribution in [3.05, 3.63) is 51.3 Å². The van der Waals surface area contributed by atoms with E-state index >= 15 is 0 Å². The number of hydrogen-bond donors (Lipinski definition) is 1. The first kappa shape index (κ1) is 14.5. The molecule has 0 amide bonds. The van der Waals surface area contributed by atoms with Gasteiger partial charge < -0.3 is 10.1 Å². The van der Waals surface area contributed by atoms with Crippen LogP contribution in [0.4, 0.5) is 5.69 Å². The molecule has 110 valence electrons. The van der Waals surface area contributed by atoms with E-state index in [0.29, 0.717) is 10.3 Å². The van der Waals surface area contributed by atoms with Crippen molar-refractivity contribution in [2.75, 3.05) is 12.4 Å². The van der Waals surface area contributed by atoms with Crippen LogP contribution in [0.15, 0.2) is 24.3 Å². The Labute approximate surface area is 134 Å². The Morgan fingerprint density at radius 1 is 1.29 bits per heavy atom. The van der Waals surface area contributed by atoms with E-state index in [0.717, 1.165) is 29.8 Å². The number of halogens is 2. The van der Waals surface area contributed by atoms with E-state index in [1.165, 1.54) is 11.1 Å². The van der Waals surface area contributed by atoms with Gasteiger partial charge in [0, 0.05) is 0 Å². The minimum Gasteiger partial charge on any atom is -0.497 e. The molecule has 0 saturated carbocycles. The van der Waals surface area contributed by atoms with E-state index < -0.39 is 0 Å². The third kappa shape index (κ3) is 2.81. The average Bonchev–Trinajstić information content (AvgIpc) is 2.84. The highest BCUT2D eigenvalue weighted by atomic mass is 35.5.